The van der Waals surface area contributed by atoms with Gasteiger partial charge in [0.05, 0.1) is 11.3 Å². The molecule has 18 heavy (non-hydrogen) atoms. The maximum absolute atomic E-state index is 9.05. The van der Waals surface area contributed by atoms with Crippen molar-refractivity contribution in [1.82, 2.24) is 9.97 Å². The number of anilines is 2. The summed E-state index contributed by atoms with van der Waals surface area (Å²) in [5, 5.41) is 12.2. The second-order valence-electron chi connectivity index (χ2n) is 3.55. The molecule has 0 saturated heterocycles. The van der Waals surface area contributed by atoms with Crippen LogP contribution in [-0.2, 0) is 0 Å². The molecule has 2 rings (SSSR count). The molecule has 0 radical (unpaired) electrons. The highest BCUT2D eigenvalue weighted by atomic mass is 79.9. The van der Waals surface area contributed by atoms with Gasteiger partial charge in [0, 0.05) is 10.5 Å². The zero-order valence-corrected chi connectivity index (χ0v) is 12.6. The lowest BCUT2D eigenvalue weighted by atomic mass is 10.2. The number of halogens is 2. The zero-order chi connectivity index (χ0) is 13.1. The molecule has 0 aliphatic rings. The number of benzene rings is 1. The summed E-state index contributed by atoms with van der Waals surface area (Å²) in [5.41, 5.74) is 1.27. The van der Waals surface area contributed by atoms with Crippen LogP contribution >= 0.6 is 31.9 Å². The summed E-state index contributed by atoms with van der Waals surface area (Å²) >= 11 is 6.69. The Balaban J connectivity index is 2.39. The molecule has 0 atom stereocenters. The van der Waals surface area contributed by atoms with Gasteiger partial charge in [0.2, 0.25) is 0 Å². The Morgan fingerprint density at radius 2 is 2.00 bits per heavy atom. The predicted molar refractivity (Wildman–Crippen MR) is 76.6 cm³/mol. The van der Waals surface area contributed by atoms with E-state index in [9.17, 15) is 0 Å². The van der Waals surface area contributed by atoms with E-state index in [2.05, 4.69) is 53.2 Å². The minimum Gasteiger partial charge on any atom is -0.339 e. The molecule has 0 saturated carbocycles. The van der Waals surface area contributed by atoms with Crippen LogP contribution in [0.25, 0.3) is 0 Å². The first-order valence-electron chi connectivity index (χ1n) is 5.06. The van der Waals surface area contributed by atoms with Crippen molar-refractivity contribution in [1.29, 1.82) is 5.26 Å². The van der Waals surface area contributed by atoms with Crippen molar-refractivity contribution < 1.29 is 0 Å². The molecule has 0 bridgehead atoms. The normalized spacial score (nSPS) is 9.89. The number of aryl methyl sites for hydroxylation is 1. The van der Waals surface area contributed by atoms with Crippen LogP contribution in [0.2, 0.25) is 0 Å². The molecule has 0 unspecified atom stereocenters. The third-order valence-corrected chi connectivity index (χ3v) is 3.07. The van der Waals surface area contributed by atoms with Crippen molar-refractivity contribution >= 4 is 43.4 Å². The lowest BCUT2D eigenvalue weighted by Gasteiger charge is -2.08. The van der Waals surface area contributed by atoms with Crippen molar-refractivity contribution in [3.8, 4) is 6.07 Å². The number of nitrogens with zero attached hydrogens (tertiary/aromatic N) is 3. The van der Waals surface area contributed by atoms with Gasteiger partial charge < -0.3 is 5.32 Å². The summed E-state index contributed by atoms with van der Waals surface area (Å²) in [7, 11) is 0. The Kier molecular flexibility index (Phi) is 3.94. The van der Waals surface area contributed by atoms with Crippen LogP contribution in [0.5, 0.6) is 0 Å². The molecular weight excluding hydrogens is 360 g/mol. The maximum atomic E-state index is 9.05. The number of hydrogen-bond acceptors (Lipinski definition) is 4. The van der Waals surface area contributed by atoms with Gasteiger partial charge in [-0.15, -0.1) is 0 Å². The molecular formula is C12H8Br2N4. The fourth-order valence-electron chi connectivity index (χ4n) is 1.45. The van der Waals surface area contributed by atoms with Gasteiger partial charge in [-0.1, -0.05) is 15.9 Å². The van der Waals surface area contributed by atoms with Crippen molar-refractivity contribution in [2.24, 2.45) is 0 Å². The molecule has 0 aliphatic carbocycles. The first-order valence-corrected chi connectivity index (χ1v) is 6.65. The second kappa shape index (κ2) is 5.46. The number of nitrogens with one attached hydrogen (secondary N) is 1. The molecule has 1 N–H and O–H groups in total. The van der Waals surface area contributed by atoms with Crippen LogP contribution in [0, 0.1) is 18.3 Å². The molecule has 2 aromatic rings. The van der Waals surface area contributed by atoms with Crippen LogP contribution < -0.4 is 5.32 Å². The predicted octanol–water partition coefficient (Wildman–Crippen LogP) is 3.93. The van der Waals surface area contributed by atoms with Crippen LogP contribution in [0.15, 0.2) is 33.3 Å². The summed E-state index contributed by atoms with van der Waals surface area (Å²) in [6.07, 6.45) is 0. The van der Waals surface area contributed by atoms with Gasteiger partial charge in [-0.2, -0.15) is 5.26 Å². The third-order valence-electron chi connectivity index (χ3n) is 2.17. The second-order valence-corrected chi connectivity index (χ2v) is 5.28. The quantitative estimate of drug-likeness (QED) is 0.817. The third kappa shape index (κ3) is 3.06. The monoisotopic (exact) mass is 366 g/mol. The van der Waals surface area contributed by atoms with Crippen molar-refractivity contribution in [2.75, 3.05) is 5.32 Å². The maximum Gasteiger partial charge on any atom is 0.135 e. The molecule has 0 amide bonds. The number of aromatic nitrogens is 2. The van der Waals surface area contributed by atoms with E-state index in [1.165, 1.54) is 0 Å². The first kappa shape index (κ1) is 13.0. The first-order chi connectivity index (χ1) is 8.58. The minimum atomic E-state index is 0.561. The zero-order valence-electron chi connectivity index (χ0n) is 9.41. The highest BCUT2D eigenvalue weighted by Gasteiger charge is 2.05. The average Bonchev–Trinajstić information content (AvgIpc) is 2.27. The van der Waals surface area contributed by atoms with E-state index in [1.807, 2.05) is 19.1 Å². The van der Waals surface area contributed by atoms with E-state index < -0.39 is 0 Å². The molecule has 1 aromatic heterocycles. The van der Waals surface area contributed by atoms with E-state index >= 15 is 0 Å². The van der Waals surface area contributed by atoms with Gasteiger partial charge >= 0.3 is 0 Å². The van der Waals surface area contributed by atoms with Crippen molar-refractivity contribution in [3.63, 3.8) is 0 Å². The summed E-state index contributed by atoms with van der Waals surface area (Å²) < 4.78 is 1.60. The Hall–Kier alpha value is -1.45. The Bertz CT molecular complexity index is 614. The summed E-state index contributed by atoms with van der Waals surface area (Å²) in [6.45, 7) is 1.81. The van der Waals surface area contributed by atoms with Gasteiger partial charge in [0.1, 0.15) is 22.3 Å². The van der Waals surface area contributed by atoms with Crippen LogP contribution in [0.3, 0.4) is 0 Å². The molecule has 0 fully saturated rings. The lowest BCUT2D eigenvalue weighted by Crippen LogP contribution is -1.99. The Morgan fingerprint density at radius 1 is 1.22 bits per heavy atom. The summed E-state index contributed by atoms with van der Waals surface area (Å²) in [4.78, 5) is 8.38. The highest BCUT2D eigenvalue weighted by Crippen LogP contribution is 2.24. The Morgan fingerprint density at radius 3 is 2.67 bits per heavy atom. The van der Waals surface area contributed by atoms with Crippen LogP contribution in [0.1, 0.15) is 11.4 Å². The molecule has 0 aliphatic heterocycles. The van der Waals surface area contributed by atoms with Crippen LogP contribution in [-0.4, -0.2) is 9.97 Å². The molecule has 6 heteroatoms. The van der Waals surface area contributed by atoms with Gasteiger partial charge in [-0.25, -0.2) is 9.97 Å². The van der Waals surface area contributed by atoms with Gasteiger partial charge in [0.25, 0.3) is 0 Å². The SMILES string of the molecule is Cc1nc(Br)cc(Nc2cc(Br)ccc2C#N)n1. The fourth-order valence-corrected chi connectivity index (χ4v) is 2.29. The molecule has 90 valence electrons. The minimum absolute atomic E-state index is 0.561. The number of rotatable bonds is 2. The average molecular weight is 368 g/mol. The lowest BCUT2D eigenvalue weighted by molar-refractivity contribution is 1.04. The van der Waals surface area contributed by atoms with Gasteiger partial charge in [0.15, 0.2) is 0 Å². The molecule has 4 nitrogen and oxygen atoms in total. The molecule has 1 aromatic carbocycles. The van der Waals surface area contributed by atoms with Crippen LogP contribution in [0.4, 0.5) is 11.5 Å². The van der Waals surface area contributed by atoms with Gasteiger partial charge in [-0.05, 0) is 41.1 Å². The smallest absolute Gasteiger partial charge is 0.135 e. The molecule has 0 spiro atoms. The molecule has 1 heterocycles. The van der Waals surface area contributed by atoms with Gasteiger partial charge in [-0.3, -0.25) is 0 Å². The standard InChI is InChI=1S/C12H8Br2N4/c1-7-16-11(14)5-12(17-7)18-10-4-9(13)3-2-8(10)6-15/h2-5H,1H3,(H,16,17,18). The Labute approximate surface area is 121 Å². The summed E-state index contributed by atoms with van der Waals surface area (Å²) in [5.74, 6) is 1.30. The van der Waals surface area contributed by atoms with E-state index in [0.717, 1.165) is 4.47 Å². The number of nitriles is 1. The fraction of sp³-hybridized carbons (Fsp3) is 0.0833. The van der Waals surface area contributed by atoms with E-state index in [4.69, 9.17) is 5.26 Å². The largest absolute Gasteiger partial charge is 0.339 e. The summed E-state index contributed by atoms with van der Waals surface area (Å²) in [6, 6.07) is 9.30. The topological polar surface area (TPSA) is 61.6 Å². The van der Waals surface area contributed by atoms with Crippen molar-refractivity contribution in [2.45, 2.75) is 6.92 Å². The van der Waals surface area contributed by atoms with E-state index in [0.29, 0.717) is 27.5 Å². The van der Waals surface area contributed by atoms with Crippen molar-refractivity contribution in [3.05, 3.63) is 44.7 Å². The van der Waals surface area contributed by atoms with E-state index in [-0.39, 0.29) is 0 Å². The number of hydrogen-bond donors (Lipinski definition) is 1. The highest BCUT2D eigenvalue weighted by molar-refractivity contribution is 9.10. The van der Waals surface area contributed by atoms with E-state index in [1.54, 1.807) is 12.1 Å².